The van der Waals surface area contributed by atoms with Crippen LogP contribution in [0, 0.1) is 0 Å². The first-order valence-corrected chi connectivity index (χ1v) is 6.71. The maximum absolute atomic E-state index is 10.8. The van der Waals surface area contributed by atoms with E-state index in [1.807, 2.05) is 0 Å². The molecule has 0 radical (unpaired) electrons. The third-order valence-corrected chi connectivity index (χ3v) is 3.20. The number of hydrogen-bond donors (Lipinski definition) is 2. The summed E-state index contributed by atoms with van der Waals surface area (Å²) in [6.45, 7) is -0.576. The molecular formula is C16H12O7. The molecule has 0 saturated carbocycles. The first-order chi connectivity index (χ1) is 11.0. The molecule has 118 valence electrons. The Morgan fingerprint density at radius 3 is 2.35 bits per heavy atom. The van der Waals surface area contributed by atoms with Crippen molar-refractivity contribution in [2.75, 3.05) is 6.61 Å². The van der Waals surface area contributed by atoms with E-state index in [4.69, 9.17) is 19.5 Å². The van der Waals surface area contributed by atoms with E-state index in [-0.39, 0.29) is 6.42 Å². The molecule has 0 amide bonds. The summed E-state index contributed by atoms with van der Waals surface area (Å²) in [6, 6.07) is 10.1. The maximum atomic E-state index is 10.8. The molecule has 0 aliphatic heterocycles. The zero-order chi connectivity index (χ0) is 16.4. The minimum Gasteiger partial charge on any atom is -0.481 e. The molecule has 1 heterocycles. The van der Waals surface area contributed by atoms with Gasteiger partial charge in [-0.15, -0.1) is 0 Å². The Bertz CT molecular complexity index is 894. The molecule has 0 aliphatic carbocycles. The minimum absolute atomic E-state index is 0.0828. The van der Waals surface area contributed by atoms with E-state index in [9.17, 15) is 9.59 Å². The monoisotopic (exact) mass is 316 g/mol. The Labute approximate surface area is 129 Å². The third-order valence-electron chi connectivity index (χ3n) is 3.20. The third kappa shape index (κ3) is 3.24. The van der Waals surface area contributed by atoms with E-state index in [1.54, 1.807) is 36.4 Å². The summed E-state index contributed by atoms with van der Waals surface area (Å²) in [7, 11) is 0. The van der Waals surface area contributed by atoms with Crippen LogP contribution in [0.3, 0.4) is 0 Å². The van der Waals surface area contributed by atoms with Crippen LogP contribution in [0.25, 0.3) is 21.9 Å². The Morgan fingerprint density at radius 1 is 0.957 bits per heavy atom. The van der Waals surface area contributed by atoms with Crippen molar-refractivity contribution in [2.45, 2.75) is 6.42 Å². The van der Waals surface area contributed by atoms with Gasteiger partial charge in [0.25, 0.3) is 0 Å². The maximum Gasteiger partial charge on any atom is 0.334 e. The molecule has 0 unspecified atom stereocenters. The molecular weight excluding hydrogens is 304 g/mol. The van der Waals surface area contributed by atoms with Crippen LogP contribution < -0.4 is 4.89 Å². The van der Waals surface area contributed by atoms with Crippen LogP contribution in [0.15, 0.2) is 40.8 Å². The Hall–Kier alpha value is -3.06. The van der Waals surface area contributed by atoms with Gasteiger partial charge < -0.3 is 19.5 Å². The quantitative estimate of drug-likeness (QED) is 0.531. The van der Waals surface area contributed by atoms with Gasteiger partial charge in [-0.25, -0.2) is 4.79 Å². The van der Waals surface area contributed by atoms with Crippen molar-refractivity contribution in [2.24, 2.45) is 0 Å². The highest BCUT2D eigenvalue weighted by Gasteiger charge is 2.11. The Kier molecular flexibility index (Phi) is 3.86. The molecule has 0 spiro atoms. The number of rotatable bonds is 6. The second-order valence-electron chi connectivity index (χ2n) is 4.90. The molecule has 3 rings (SSSR count). The van der Waals surface area contributed by atoms with Crippen molar-refractivity contribution in [3.05, 3.63) is 42.0 Å². The Morgan fingerprint density at radius 2 is 1.65 bits per heavy atom. The number of carboxylic acids is 2. The van der Waals surface area contributed by atoms with Crippen molar-refractivity contribution in [3.63, 3.8) is 0 Å². The summed E-state index contributed by atoms with van der Waals surface area (Å²) in [5, 5.41) is 18.9. The van der Waals surface area contributed by atoms with Crippen LogP contribution in [0.2, 0.25) is 0 Å². The van der Waals surface area contributed by atoms with Crippen LogP contribution in [0.5, 0.6) is 5.75 Å². The predicted octanol–water partition coefficient (Wildman–Crippen LogP) is 2.61. The number of aliphatic carboxylic acids is 2. The topological polar surface area (TPSA) is 106 Å². The standard InChI is InChI=1S/C16H12O7/c17-15(18)6-9-1-3-13-11(5-9)12-7-10(2-4-14(12)22-13)23-21-8-16(19)20/h1-5,7H,6,8H2,(H,17,18)(H,19,20). The van der Waals surface area contributed by atoms with Crippen LogP contribution >= 0.6 is 0 Å². The van der Waals surface area contributed by atoms with Gasteiger partial charge in [-0.3, -0.25) is 4.79 Å². The molecule has 3 aromatic rings. The second-order valence-corrected chi connectivity index (χ2v) is 4.90. The molecule has 0 aliphatic rings. The van der Waals surface area contributed by atoms with E-state index in [1.165, 1.54) is 0 Å². The number of fused-ring (bicyclic) bond motifs is 3. The van der Waals surface area contributed by atoms with E-state index in [2.05, 4.69) is 4.89 Å². The van der Waals surface area contributed by atoms with Gasteiger partial charge in [0, 0.05) is 10.8 Å². The van der Waals surface area contributed by atoms with Crippen LogP contribution in [0.4, 0.5) is 0 Å². The first kappa shape index (κ1) is 14.9. The van der Waals surface area contributed by atoms with Gasteiger partial charge in [0.05, 0.1) is 6.42 Å². The number of carboxylic acid groups (broad SMARTS) is 2. The number of hydrogen-bond acceptors (Lipinski definition) is 5. The summed E-state index contributed by atoms with van der Waals surface area (Å²) < 4.78 is 5.67. The van der Waals surface area contributed by atoms with Gasteiger partial charge in [0.15, 0.2) is 12.4 Å². The average Bonchev–Trinajstić information content (AvgIpc) is 2.84. The van der Waals surface area contributed by atoms with E-state index >= 15 is 0 Å². The van der Waals surface area contributed by atoms with E-state index in [0.717, 1.165) is 10.8 Å². The summed E-state index contributed by atoms with van der Waals surface area (Å²) >= 11 is 0. The van der Waals surface area contributed by atoms with Crippen LogP contribution in [0.1, 0.15) is 5.56 Å². The molecule has 0 fully saturated rings. The van der Waals surface area contributed by atoms with Crippen molar-refractivity contribution >= 4 is 33.9 Å². The van der Waals surface area contributed by atoms with Gasteiger partial charge in [-0.2, -0.15) is 4.89 Å². The lowest BCUT2D eigenvalue weighted by Gasteiger charge is -2.02. The van der Waals surface area contributed by atoms with Crippen LogP contribution in [-0.4, -0.2) is 28.8 Å². The van der Waals surface area contributed by atoms with Gasteiger partial charge in [-0.05, 0) is 35.9 Å². The van der Waals surface area contributed by atoms with Gasteiger partial charge in [-0.1, -0.05) is 6.07 Å². The molecule has 7 nitrogen and oxygen atoms in total. The van der Waals surface area contributed by atoms with E-state index in [0.29, 0.717) is 22.5 Å². The predicted molar refractivity (Wildman–Crippen MR) is 79.3 cm³/mol. The smallest absolute Gasteiger partial charge is 0.334 e. The molecule has 0 atom stereocenters. The SMILES string of the molecule is O=C(O)COOc1ccc2oc3ccc(CC(=O)O)cc3c2c1. The average molecular weight is 316 g/mol. The summed E-state index contributed by atoms with van der Waals surface area (Å²) in [5.74, 6) is -1.73. The molecule has 0 saturated heterocycles. The summed E-state index contributed by atoms with van der Waals surface area (Å²) in [6.07, 6.45) is -0.0828. The summed E-state index contributed by atoms with van der Waals surface area (Å²) in [4.78, 5) is 30.7. The van der Waals surface area contributed by atoms with Gasteiger partial charge in [0.2, 0.25) is 0 Å². The van der Waals surface area contributed by atoms with Crippen molar-refractivity contribution in [1.82, 2.24) is 0 Å². The molecule has 23 heavy (non-hydrogen) atoms. The zero-order valence-corrected chi connectivity index (χ0v) is 11.8. The highest BCUT2D eigenvalue weighted by Crippen LogP contribution is 2.32. The van der Waals surface area contributed by atoms with Crippen molar-refractivity contribution in [3.8, 4) is 5.75 Å². The molecule has 0 bridgehead atoms. The lowest BCUT2D eigenvalue weighted by Crippen LogP contribution is -2.09. The number of carbonyl (C=O) groups is 2. The van der Waals surface area contributed by atoms with Gasteiger partial charge in [0.1, 0.15) is 11.2 Å². The fourth-order valence-corrected chi connectivity index (χ4v) is 2.29. The lowest BCUT2D eigenvalue weighted by atomic mass is 10.1. The first-order valence-electron chi connectivity index (χ1n) is 6.71. The zero-order valence-electron chi connectivity index (χ0n) is 11.8. The van der Waals surface area contributed by atoms with Crippen LogP contribution in [-0.2, 0) is 20.9 Å². The fraction of sp³-hybridized carbons (Fsp3) is 0.125. The number of furan rings is 1. The fourth-order valence-electron chi connectivity index (χ4n) is 2.29. The molecule has 2 N–H and O–H groups in total. The van der Waals surface area contributed by atoms with Crippen molar-refractivity contribution in [1.29, 1.82) is 0 Å². The molecule has 2 aromatic carbocycles. The lowest BCUT2D eigenvalue weighted by molar-refractivity contribution is -0.213. The van der Waals surface area contributed by atoms with Crippen molar-refractivity contribution < 1.29 is 34.0 Å². The van der Waals surface area contributed by atoms with Gasteiger partial charge >= 0.3 is 11.9 Å². The largest absolute Gasteiger partial charge is 0.481 e. The highest BCUT2D eigenvalue weighted by atomic mass is 17.2. The molecule has 7 heteroatoms. The Balaban J connectivity index is 1.96. The second kappa shape index (κ2) is 5.98. The summed E-state index contributed by atoms with van der Waals surface area (Å²) in [5.41, 5.74) is 1.89. The van der Waals surface area contributed by atoms with E-state index < -0.39 is 18.5 Å². The normalized spacial score (nSPS) is 11.0. The highest BCUT2D eigenvalue weighted by molar-refractivity contribution is 6.05. The minimum atomic E-state index is -1.14. The molecule has 1 aromatic heterocycles. The number of benzene rings is 2.